The summed E-state index contributed by atoms with van der Waals surface area (Å²) in [5.41, 5.74) is 2.42. The minimum Gasteiger partial charge on any atom is -0.313 e. The van der Waals surface area contributed by atoms with Crippen LogP contribution in [0, 0.1) is 5.92 Å². The van der Waals surface area contributed by atoms with E-state index in [1.165, 1.54) is 5.56 Å². The molecule has 1 heterocycles. The minimum absolute atomic E-state index is 0.681. The fourth-order valence-electron chi connectivity index (χ4n) is 2.24. The molecule has 0 radical (unpaired) electrons. The lowest BCUT2D eigenvalue weighted by molar-refractivity contribution is 0.209. The van der Waals surface area contributed by atoms with Crippen molar-refractivity contribution in [2.45, 2.75) is 33.9 Å². The molecule has 0 aliphatic carbocycles. The molecule has 4 nitrogen and oxygen atoms in total. The summed E-state index contributed by atoms with van der Waals surface area (Å²) in [4.78, 5) is 9.34. The molecule has 21 heavy (non-hydrogen) atoms. The molecule has 1 aromatic heterocycles. The lowest BCUT2D eigenvalue weighted by atomic mass is 10.2. The first-order valence-electron chi connectivity index (χ1n) is 8.02. The van der Waals surface area contributed by atoms with Crippen LogP contribution in [0.2, 0.25) is 0 Å². The van der Waals surface area contributed by atoms with Crippen molar-refractivity contribution in [2.24, 2.45) is 5.92 Å². The zero-order chi connectivity index (χ0) is 15.7. The predicted molar refractivity (Wildman–Crippen MR) is 90.3 cm³/mol. The van der Waals surface area contributed by atoms with Crippen LogP contribution < -0.4 is 5.32 Å². The van der Waals surface area contributed by atoms with Crippen LogP contribution in [-0.4, -0.2) is 55.1 Å². The van der Waals surface area contributed by atoms with Crippen LogP contribution in [0.15, 0.2) is 18.3 Å². The fourth-order valence-corrected chi connectivity index (χ4v) is 2.24. The van der Waals surface area contributed by atoms with Gasteiger partial charge in [-0.2, -0.15) is 0 Å². The zero-order valence-electron chi connectivity index (χ0n) is 14.4. The van der Waals surface area contributed by atoms with Crippen molar-refractivity contribution in [3.8, 4) is 0 Å². The Kier molecular flexibility index (Phi) is 8.50. The quantitative estimate of drug-likeness (QED) is 0.716. The van der Waals surface area contributed by atoms with Gasteiger partial charge >= 0.3 is 0 Å². The molecule has 0 aliphatic heterocycles. The zero-order valence-corrected chi connectivity index (χ0v) is 14.4. The van der Waals surface area contributed by atoms with Crippen molar-refractivity contribution in [1.29, 1.82) is 0 Å². The van der Waals surface area contributed by atoms with Gasteiger partial charge in [0.25, 0.3) is 0 Å². The fraction of sp³-hybridized carbons (Fsp3) is 0.706. The van der Waals surface area contributed by atoms with Gasteiger partial charge in [-0.1, -0.05) is 26.8 Å². The van der Waals surface area contributed by atoms with Gasteiger partial charge in [0.05, 0.1) is 5.69 Å². The molecular formula is C17H32N4. The largest absolute Gasteiger partial charge is 0.313 e. The minimum atomic E-state index is 0.681. The van der Waals surface area contributed by atoms with Gasteiger partial charge in [0.1, 0.15) is 0 Å². The summed E-state index contributed by atoms with van der Waals surface area (Å²) < 4.78 is 0. The molecule has 0 amide bonds. The standard InChI is InChI=1S/C17H32N4/c1-6-18-11-16-7-8-17(19-12-16)14-21(13-15(2)3)10-9-20(4)5/h7-8,12,15,18H,6,9-11,13-14H2,1-5H3. The Bertz CT molecular complexity index is 373. The first kappa shape index (κ1) is 18.1. The molecule has 0 aromatic carbocycles. The van der Waals surface area contributed by atoms with E-state index in [2.05, 4.69) is 67.1 Å². The molecular weight excluding hydrogens is 260 g/mol. The Labute approximate surface area is 130 Å². The number of nitrogens with one attached hydrogen (secondary N) is 1. The van der Waals surface area contributed by atoms with Gasteiger partial charge in [0, 0.05) is 38.9 Å². The highest BCUT2D eigenvalue weighted by atomic mass is 15.2. The lowest BCUT2D eigenvalue weighted by Crippen LogP contribution is -2.34. The van der Waals surface area contributed by atoms with Gasteiger partial charge in [-0.05, 0) is 38.2 Å². The average molecular weight is 292 g/mol. The van der Waals surface area contributed by atoms with Crippen LogP contribution in [0.5, 0.6) is 0 Å². The van der Waals surface area contributed by atoms with Crippen LogP contribution in [-0.2, 0) is 13.1 Å². The van der Waals surface area contributed by atoms with Crippen LogP contribution in [0.3, 0.4) is 0 Å². The van der Waals surface area contributed by atoms with Crippen molar-refractivity contribution in [3.05, 3.63) is 29.6 Å². The number of hydrogen-bond donors (Lipinski definition) is 1. The second-order valence-corrected chi connectivity index (χ2v) is 6.37. The summed E-state index contributed by atoms with van der Waals surface area (Å²) >= 11 is 0. The van der Waals surface area contributed by atoms with E-state index in [9.17, 15) is 0 Å². The third kappa shape index (κ3) is 8.15. The van der Waals surface area contributed by atoms with E-state index >= 15 is 0 Å². The smallest absolute Gasteiger partial charge is 0.0544 e. The number of rotatable bonds is 10. The van der Waals surface area contributed by atoms with E-state index in [1.54, 1.807) is 0 Å². The summed E-state index contributed by atoms with van der Waals surface area (Å²) in [6, 6.07) is 4.35. The maximum atomic E-state index is 4.61. The SMILES string of the molecule is CCNCc1ccc(CN(CCN(C)C)CC(C)C)nc1. The Morgan fingerprint density at radius 1 is 1.19 bits per heavy atom. The Balaban J connectivity index is 2.55. The summed E-state index contributed by atoms with van der Waals surface area (Å²) in [5.74, 6) is 0.681. The highest BCUT2D eigenvalue weighted by molar-refractivity contribution is 5.14. The van der Waals surface area contributed by atoms with Gasteiger partial charge in [0.2, 0.25) is 0 Å². The molecule has 0 fully saturated rings. The first-order chi connectivity index (χ1) is 10.0. The van der Waals surface area contributed by atoms with Crippen molar-refractivity contribution < 1.29 is 0 Å². The van der Waals surface area contributed by atoms with Gasteiger partial charge < -0.3 is 10.2 Å². The molecule has 0 aliphatic rings. The number of pyridine rings is 1. The maximum absolute atomic E-state index is 4.61. The molecule has 4 heteroatoms. The molecule has 0 spiro atoms. The Morgan fingerprint density at radius 2 is 1.95 bits per heavy atom. The molecule has 0 saturated carbocycles. The molecule has 120 valence electrons. The van der Waals surface area contributed by atoms with Gasteiger partial charge in [-0.3, -0.25) is 9.88 Å². The Morgan fingerprint density at radius 3 is 2.48 bits per heavy atom. The molecule has 0 unspecified atom stereocenters. The summed E-state index contributed by atoms with van der Waals surface area (Å²) in [6.07, 6.45) is 2.00. The van der Waals surface area contributed by atoms with E-state index in [0.717, 1.165) is 45.0 Å². The van der Waals surface area contributed by atoms with Crippen molar-refractivity contribution in [2.75, 3.05) is 40.3 Å². The van der Waals surface area contributed by atoms with E-state index in [4.69, 9.17) is 0 Å². The van der Waals surface area contributed by atoms with E-state index in [1.807, 2.05) is 6.20 Å². The highest BCUT2D eigenvalue weighted by Gasteiger charge is 2.09. The first-order valence-corrected chi connectivity index (χ1v) is 8.02. The molecule has 1 aromatic rings. The van der Waals surface area contributed by atoms with Gasteiger partial charge in [0.15, 0.2) is 0 Å². The topological polar surface area (TPSA) is 31.4 Å². The third-order valence-corrected chi connectivity index (χ3v) is 3.34. The second kappa shape index (κ2) is 9.87. The van der Waals surface area contributed by atoms with Crippen LogP contribution in [0.1, 0.15) is 32.0 Å². The van der Waals surface area contributed by atoms with Crippen LogP contribution in [0.25, 0.3) is 0 Å². The van der Waals surface area contributed by atoms with Crippen LogP contribution >= 0.6 is 0 Å². The highest BCUT2D eigenvalue weighted by Crippen LogP contribution is 2.07. The van der Waals surface area contributed by atoms with Crippen molar-refractivity contribution >= 4 is 0 Å². The Hall–Kier alpha value is -0.970. The van der Waals surface area contributed by atoms with E-state index in [0.29, 0.717) is 5.92 Å². The molecule has 0 atom stereocenters. The monoisotopic (exact) mass is 292 g/mol. The third-order valence-electron chi connectivity index (χ3n) is 3.34. The van der Waals surface area contributed by atoms with Crippen molar-refractivity contribution in [3.63, 3.8) is 0 Å². The number of hydrogen-bond acceptors (Lipinski definition) is 4. The predicted octanol–water partition coefficient (Wildman–Crippen LogP) is 2.21. The number of aromatic nitrogens is 1. The average Bonchev–Trinajstić information content (AvgIpc) is 2.43. The van der Waals surface area contributed by atoms with Gasteiger partial charge in [-0.15, -0.1) is 0 Å². The molecule has 1 rings (SSSR count). The normalized spacial score (nSPS) is 11.8. The molecule has 0 bridgehead atoms. The summed E-state index contributed by atoms with van der Waals surface area (Å²) in [7, 11) is 4.25. The van der Waals surface area contributed by atoms with Crippen LogP contribution in [0.4, 0.5) is 0 Å². The second-order valence-electron chi connectivity index (χ2n) is 6.37. The summed E-state index contributed by atoms with van der Waals surface area (Å²) in [5, 5.41) is 3.33. The maximum Gasteiger partial charge on any atom is 0.0544 e. The van der Waals surface area contributed by atoms with Gasteiger partial charge in [-0.25, -0.2) is 0 Å². The van der Waals surface area contributed by atoms with E-state index < -0.39 is 0 Å². The number of nitrogens with zero attached hydrogens (tertiary/aromatic N) is 3. The number of likely N-dealkylation sites (N-methyl/N-ethyl adjacent to an activating group) is 1. The molecule has 1 N–H and O–H groups in total. The summed E-state index contributed by atoms with van der Waals surface area (Å²) in [6.45, 7) is 12.8. The van der Waals surface area contributed by atoms with E-state index in [-0.39, 0.29) is 0 Å². The lowest BCUT2D eigenvalue weighted by Gasteiger charge is -2.25. The molecule has 0 saturated heterocycles. The van der Waals surface area contributed by atoms with Crippen molar-refractivity contribution in [1.82, 2.24) is 20.1 Å².